The molecule has 0 radical (unpaired) electrons. The van der Waals surface area contributed by atoms with E-state index in [4.69, 9.17) is 4.74 Å². The number of unbranched alkanes of at least 4 members (excludes halogenated alkanes) is 40. The van der Waals surface area contributed by atoms with Gasteiger partial charge in [0.1, 0.15) is 0 Å². The summed E-state index contributed by atoms with van der Waals surface area (Å²) in [6, 6.07) is -0.634. The Morgan fingerprint density at radius 2 is 0.734 bits per heavy atom. The largest absolute Gasteiger partial charge is 0.466 e. The van der Waals surface area contributed by atoms with Crippen molar-refractivity contribution in [2.45, 2.75) is 321 Å². The van der Waals surface area contributed by atoms with E-state index in [-0.39, 0.29) is 18.5 Å². The van der Waals surface area contributed by atoms with Gasteiger partial charge in [-0.15, -0.1) is 0 Å². The van der Waals surface area contributed by atoms with Crippen LogP contribution in [-0.2, 0) is 14.3 Å². The van der Waals surface area contributed by atoms with Crippen LogP contribution in [0.25, 0.3) is 0 Å². The van der Waals surface area contributed by atoms with Crippen molar-refractivity contribution in [1.29, 1.82) is 0 Å². The Balaban J connectivity index is 3.45. The molecule has 2 unspecified atom stereocenters. The van der Waals surface area contributed by atoms with Gasteiger partial charge >= 0.3 is 5.97 Å². The van der Waals surface area contributed by atoms with Crippen molar-refractivity contribution in [3.05, 3.63) is 24.3 Å². The molecule has 0 aliphatic carbocycles. The fraction of sp³-hybridized carbons (Fsp3) is 0.897. The number of rotatable bonds is 53. The maximum absolute atomic E-state index is 12.4. The SMILES string of the molecule is CCCCCCCCCCCCCC/C=C/C(O)C(CO)NC(=O)CCCCCCCCC/C=C\CCCCCCCCCCOC(=O)CCCCCCCCCCCCCCCC. The Morgan fingerprint density at radius 1 is 0.422 bits per heavy atom. The van der Waals surface area contributed by atoms with Crippen LogP contribution in [0, 0.1) is 0 Å². The Labute approximate surface area is 399 Å². The average molecular weight is 903 g/mol. The highest BCUT2D eigenvalue weighted by Crippen LogP contribution is 2.16. The minimum Gasteiger partial charge on any atom is -0.466 e. The van der Waals surface area contributed by atoms with Gasteiger partial charge in [0.05, 0.1) is 25.4 Å². The fourth-order valence-corrected chi connectivity index (χ4v) is 8.81. The maximum atomic E-state index is 12.4. The molecule has 6 heteroatoms. The first kappa shape index (κ1) is 62.3. The zero-order valence-electron chi connectivity index (χ0n) is 43.0. The molecule has 6 nitrogen and oxygen atoms in total. The molecular formula is C58H111NO5. The quantitative estimate of drug-likeness (QED) is 0.0321. The summed E-state index contributed by atoms with van der Waals surface area (Å²) in [6.45, 7) is 4.90. The number of nitrogens with one attached hydrogen (secondary N) is 1. The van der Waals surface area contributed by atoms with Gasteiger partial charge < -0.3 is 20.3 Å². The van der Waals surface area contributed by atoms with Gasteiger partial charge in [-0.05, 0) is 57.8 Å². The van der Waals surface area contributed by atoms with Gasteiger partial charge in [-0.2, -0.15) is 0 Å². The fourth-order valence-electron chi connectivity index (χ4n) is 8.81. The first-order chi connectivity index (χ1) is 31.5. The number of ether oxygens (including phenoxy) is 1. The predicted molar refractivity (Wildman–Crippen MR) is 278 cm³/mol. The molecule has 0 fully saturated rings. The molecule has 0 aliphatic heterocycles. The molecule has 0 bridgehead atoms. The molecular weight excluding hydrogens is 791 g/mol. The van der Waals surface area contributed by atoms with Crippen LogP contribution < -0.4 is 5.32 Å². The molecule has 64 heavy (non-hydrogen) atoms. The molecule has 0 aliphatic rings. The van der Waals surface area contributed by atoms with Gasteiger partial charge in [-0.1, -0.05) is 263 Å². The smallest absolute Gasteiger partial charge is 0.305 e. The van der Waals surface area contributed by atoms with Crippen molar-refractivity contribution in [2.24, 2.45) is 0 Å². The molecule has 0 rings (SSSR count). The van der Waals surface area contributed by atoms with E-state index in [2.05, 4.69) is 31.3 Å². The number of hydrogen-bond donors (Lipinski definition) is 3. The lowest BCUT2D eigenvalue weighted by molar-refractivity contribution is -0.143. The van der Waals surface area contributed by atoms with E-state index >= 15 is 0 Å². The number of hydrogen-bond acceptors (Lipinski definition) is 5. The molecule has 0 spiro atoms. The Hall–Kier alpha value is -1.66. The van der Waals surface area contributed by atoms with Crippen LogP contribution in [0.3, 0.4) is 0 Å². The normalized spacial score (nSPS) is 12.8. The number of amides is 1. The van der Waals surface area contributed by atoms with Crippen LogP contribution in [0.15, 0.2) is 24.3 Å². The van der Waals surface area contributed by atoms with Crippen LogP contribution >= 0.6 is 0 Å². The van der Waals surface area contributed by atoms with E-state index in [0.29, 0.717) is 19.4 Å². The monoisotopic (exact) mass is 902 g/mol. The predicted octanol–water partition coefficient (Wildman–Crippen LogP) is 17.5. The summed E-state index contributed by atoms with van der Waals surface area (Å²) in [6.07, 6.45) is 64.8. The Bertz CT molecular complexity index is 997. The number of aliphatic hydroxyl groups excluding tert-OH is 2. The molecule has 0 saturated carbocycles. The van der Waals surface area contributed by atoms with Crippen molar-refractivity contribution in [2.75, 3.05) is 13.2 Å². The van der Waals surface area contributed by atoms with E-state index < -0.39 is 12.1 Å². The lowest BCUT2D eigenvalue weighted by Crippen LogP contribution is -2.45. The molecule has 2 atom stereocenters. The number of carbonyl (C=O) groups excluding carboxylic acids is 2. The van der Waals surface area contributed by atoms with Crippen LogP contribution in [0.5, 0.6) is 0 Å². The van der Waals surface area contributed by atoms with Crippen LogP contribution in [0.1, 0.15) is 309 Å². The summed E-state index contributed by atoms with van der Waals surface area (Å²) in [5, 5.41) is 23.1. The molecule has 3 N–H and O–H groups in total. The maximum Gasteiger partial charge on any atom is 0.305 e. The van der Waals surface area contributed by atoms with E-state index in [1.165, 1.54) is 231 Å². The van der Waals surface area contributed by atoms with Crippen LogP contribution in [0.4, 0.5) is 0 Å². The Kier molecular flexibility index (Phi) is 52.6. The van der Waals surface area contributed by atoms with Gasteiger partial charge in [0.15, 0.2) is 0 Å². The number of allylic oxidation sites excluding steroid dienone is 3. The summed E-state index contributed by atoms with van der Waals surface area (Å²) in [7, 11) is 0. The van der Waals surface area contributed by atoms with Crippen molar-refractivity contribution < 1.29 is 24.5 Å². The van der Waals surface area contributed by atoms with Crippen molar-refractivity contribution in [3.63, 3.8) is 0 Å². The summed E-state index contributed by atoms with van der Waals surface area (Å²) >= 11 is 0. The van der Waals surface area contributed by atoms with E-state index in [0.717, 1.165) is 51.4 Å². The molecule has 0 aromatic heterocycles. The number of carbonyl (C=O) groups is 2. The summed E-state index contributed by atoms with van der Waals surface area (Å²) in [4.78, 5) is 24.5. The first-order valence-corrected chi connectivity index (χ1v) is 28.6. The summed E-state index contributed by atoms with van der Waals surface area (Å²) < 4.78 is 5.47. The Morgan fingerprint density at radius 3 is 1.11 bits per heavy atom. The molecule has 0 aromatic rings. The lowest BCUT2D eigenvalue weighted by atomic mass is 10.0. The highest BCUT2D eigenvalue weighted by Gasteiger charge is 2.18. The van der Waals surface area contributed by atoms with E-state index in [1.807, 2.05) is 6.08 Å². The molecule has 0 saturated heterocycles. The summed E-state index contributed by atoms with van der Waals surface area (Å²) in [5.74, 6) is -0.0715. The zero-order valence-corrected chi connectivity index (χ0v) is 43.0. The van der Waals surface area contributed by atoms with Gasteiger partial charge in [0.25, 0.3) is 0 Å². The molecule has 378 valence electrons. The molecule has 0 aromatic carbocycles. The van der Waals surface area contributed by atoms with Gasteiger partial charge in [0, 0.05) is 12.8 Å². The highest BCUT2D eigenvalue weighted by molar-refractivity contribution is 5.76. The molecule has 0 heterocycles. The first-order valence-electron chi connectivity index (χ1n) is 28.6. The average Bonchev–Trinajstić information content (AvgIpc) is 3.29. The highest BCUT2D eigenvalue weighted by atomic mass is 16.5. The third-order valence-corrected chi connectivity index (χ3v) is 13.2. The second-order valence-electron chi connectivity index (χ2n) is 19.6. The third kappa shape index (κ3) is 49.8. The lowest BCUT2D eigenvalue weighted by Gasteiger charge is -2.20. The number of aliphatic hydroxyl groups is 2. The van der Waals surface area contributed by atoms with Crippen molar-refractivity contribution >= 4 is 11.9 Å². The van der Waals surface area contributed by atoms with Gasteiger partial charge in [0.2, 0.25) is 5.91 Å². The van der Waals surface area contributed by atoms with Crippen LogP contribution in [-0.4, -0.2) is 47.4 Å². The molecule has 1 amide bonds. The third-order valence-electron chi connectivity index (χ3n) is 13.2. The van der Waals surface area contributed by atoms with Crippen molar-refractivity contribution in [3.8, 4) is 0 Å². The van der Waals surface area contributed by atoms with Crippen LogP contribution in [0.2, 0.25) is 0 Å². The minimum atomic E-state index is -0.849. The van der Waals surface area contributed by atoms with Gasteiger partial charge in [-0.3, -0.25) is 9.59 Å². The zero-order chi connectivity index (χ0) is 46.5. The standard InChI is InChI=1S/C58H111NO5/c1-3-5-7-9-11-13-15-17-26-30-34-38-42-46-50-56(61)55(54-60)59-57(62)51-47-43-39-35-31-27-24-22-20-19-21-23-25-29-33-37-41-45-49-53-64-58(63)52-48-44-40-36-32-28-18-16-14-12-10-8-6-4-2/h19-20,46,50,55-56,60-61H,3-18,21-45,47-49,51-54H2,1-2H3,(H,59,62)/b20-19-,50-46+. The van der Waals surface area contributed by atoms with E-state index in [9.17, 15) is 19.8 Å². The van der Waals surface area contributed by atoms with Crippen molar-refractivity contribution in [1.82, 2.24) is 5.32 Å². The topological polar surface area (TPSA) is 95.9 Å². The second-order valence-corrected chi connectivity index (χ2v) is 19.6. The minimum absolute atomic E-state index is 0.00544. The second kappa shape index (κ2) is 54.0. The van der Waals surface area contributed by atoms with Gasteiger partial charge in [-0.25, -0.2) is 0 Å². The van der Waals surface area contributed by atoms with E-state index in [1.54, 1.807) is 6.08 Å². The number of esters is 1. The summed E-state index contributed by atoms with van der Waals surface area (Å²) in [5.41, 5.74) is 0.